The van der Waals surface area contributed by atoms with Crippen LogP contribution in [0.25, 0.3) is 0 Å². The number of carbonyl (C=O) groups excluding carboxylic acids is 1. The van der Waals surface area contributed by atoms with Crippen LogP contribution in [0.5, 0.6) is 5.75 Å². The van der Waals surface area contributed by atoms with E-state index in [0.717, 1.165) is 18.4 Å². The molecule has 0 atom stereocenters. The number of phenols is 1. The zero-order chi connectivity index (χ0) is 13.8. The second-order valence-corrected chi connectivity index (χ2v) is 5.25. The topological polar surface area (TPSA) is 66.6 Å². The summed E-state index contributed by atoms with van der Waals surface area (Å²) in [5, 5.41) is 9.89. The van der Waals surface area contributed by atoms with E-state index >= 15 is 0 Å². The van der Waals surface area contributed by atoms with Crippen molar-refractivity contribution in [2.75, 3.05) is 13.1 Å². The first-order valence-corrected chi connectivity index (χ1v) is 6.94. The number of nitrogens with zero attached hydrogens (tertiary/aromatic N) is 1. The van der Waals surface area contributed by atoms with Gasteiger partial charge in [0, 0.05) is 19.1 Å². The van der Waals surface area contributed by atoms with Gasteiger partial charge >= 0.3 is 0 Å². The SMILES string of the molecule is Cc1ccc(O)c(C(=O)N(CCN)C2CCCC2)c1. The molecular weight excluding hydrogens is 240 g/mol. The zero-order valence-corrected chi connectivity index (χ0v) is 11.4. The maximum Gasteiger partial charge on any atom is 0.257 e. The van der Waals surface area contributed by atoms with E-state index in [4.69, 9.17) is 5.73 Å². The molecule has 104 valence electrons. The minimum Gasteiger partial charge on any atom is -0.507 e. The van der Waals surface area contributed by atoms with Crippen LogP contribution in [0.3, 0.4) is 0 Å². The van der Waals surface area contributed by atoms with Crippen molar-refractivity contribution in [3.8, 4) is 5.75 Å². The van der Waals surface area contributed by atoms with E-state index in [2.05, 4.69) is 0 Å². The molecule has 3 N–H and O–H groups in total. The van der Waals surface area contributed by atoms with Crippen LogP contribution in [0.2, 0.25) is 0 Å². The maximum atomic E-state index is 12.6. The minimum atomic E-state index is -0.0986. The molecule has 4 heteroatoms. The average molecular weight is 262 g/mol. The third kappa shape index (κ3) is 3.07. The van der Waals surface area contributed by atoms with Gasteiger partial charge in [0.15, 0.2) is 0 Å². The maximum absolute atomic E-state index is 12.6. The molecule has 4 nitrogen and oxygen atoms in total. The number of phenolic OH excluding ortho intramolecular Hbond substituents is 1. The summed E-state index contributed by atoms with van der Waals surface area (Å²) >= 11 is 0. The van der Waals surface area contributed by atoms with Crippen molar-refractivity contribution in [2.24, 2.45) is 5.73 Å². The molecule has 1 aromatic carbocycles. The lowest BCUT2D eigenvalue weighted by Crippen LogP contribution is -2.42. The van der Waals surface area contributed by atoms with Gasteiger partial charge in [-0.15, -0.1) is 0 Å². The van der Waals surface area contributed by atoms with Crippen molar-refractivity contribution in [2.45, 2.75) is 38.6 Å². The summed E-state index contributed by atoms with van der Waals surface area (Å²) in [6.07, 6.45) is 4.41. The van der Waals surface area contributed by atoms with Gasteiger partial charge in [0.25, 0.3) is 5.91 Å². The van der Waals surface area contributed by atoms with Gasteiger partial charge in [-0.25, -0.2) is 0 Å². The molecule has 0 bridgehead atoms. The fraction of sp³-hybridized carbons (Fsp3) is 0.533. The van der Waals surface area contributed by atoms with E-state index in [9.17, 15) is 9.90 Å². The highest BCUT2D eigenvalue weighted by Crippen LogP contribution is 2.27. The van der Waals surface area contributed by atoms with Crippen LogP contribution >= 0.6 is 0 Å². The fourth-order valence-corrected chi connectivity index (χ4v) is 2.78. The highest BCUT2D eigenvalue weighted by atomic mass is 16.3. The minimum absolute atomic E-state index is 0.0515. The molecule has 0 heterocycles. The molecule has 0 radical (unpaired) electrons. The molecule has 1 aromatic rings. The van der Waals surface area contributed by atoms with Crippen LogP contribution in [0.15, 0.2) is 18.2 Å². The van der Waals surface area contributed by atoms with E-state index in [1.165, 1.54) is 12.8 Å². The van der Waals surface area contributed by atoms with Crippen molar-refractivity contribution in [1.82, 2.24) is 4.90 Å². The number of aryl methyl sites for hydroxylation is 1. The first-order chi connectivity index (χ1) is 9.13. The Morgan fingerprint density at radius 1 is 1.42 bits per heavy atom. The molecule has 1 aliphatic carbocycles. The van der Waals surface area contributed by atoms with Crippen LogP contribution in [0.1, 0.15) is 41.6 Å². The van der Waals surface area contributed by atoms with Gasteiger partial charge in [-0.1, -0.05) is 24.5 Å². The summed E-state index contributed by atoms with van der Waals surface area (Å²) in [5.41, 5.74) is 6.99. The number of nitrogens with two attached hydrogens (primary N) is 1. The molecule has 2 rings (SSSR count). The predicted molar refractivity (Wildman–Crippen MR) is 75.2 cm³/mol. The Bertz CT molecular complexity index is 453. The Balaban J connectivity index is 2.25. The summed E-state index contributed by atoms with van der Waals surface area (Å²) in [6.45, 7) is 2.92. The van der Waals surface area contributed by atoms with Crippen LogP contribution in [0, 0.1) is 6.92 Å². The Morgan fingerprint density at radius 2 is 2.11 bits per heavy atom. The number of hydrogen-bond donors (Lipinski definition) is 2. The van der Waals surface area contributed by atoms with Crippen LogP contribution in [0.4, 0.5) is 0 Å². The standard InChI is InChI=1S/C15H22N2O2/c1-11-6-7-14(18)13(10-11)15(19)17(9-8-16)12-4-2-3-5-12/h6-7,10,12,18H,2-5,8-9,16H2,1H3. The van der Waals surface area contributed by atoms with Crippen LogP contribution in [-0.2, 0) is 0 Å². The molecule has 1 saturated carbocycles. The molecule has 1 fully saturated rings. The van der Waals surface area contributed by atoms with Crippen molar-refractivity contribution in [1.29, 1.82) is 0 Å². The van der Waals surface area contributed by atoms with E-state index < -0.39 is 0 Å². The molecule has 19 heavy (non-hydrogen) atoms. The normalized spacial score (nSPS) is 15.7. The lowest BCUT2D eigenvalue weighted by atomic mass is 10.1. The van der Waals surface area contributed by atoms with Gasteiger partial charge in [-0.3, -0.25) is 4.79 Å². The number of aromatic hydroxyl groups is 1. The number of benzene rings is 1. The van der Waals surface area contributed by atoms with Gasteiger partial charge in [0.1, 0.15) is 5.75 Å². The van der Waals surface area contributed by atoms with Crippen molar-refractivity contribution in [3.63, 3.8) is 0 Å². The quantitative estimate of drug-likeness (QED) is 0.872. The summed E-state index contributed by atoms with van der Waals surface area (Å²) < 4.78 is 0. The van der Waals surface area contributed by atoms with E-state index in [1.54, 1.807) is 18.2 Å². The Kier molecular flexibility index (Phi) is 4.43. The highest BCUT2D eigenvalue weighted by molar-refractivity contribution is 5.97. The lowest BCUT2D eigenvalue weighted by Gasteiger charge is -2.29. The van der Waals surface area contributed by atoms with Gasteiger partial charge in [0.2, 0.25) is 0 Å². The first kappa shape index (κ1) is 13.9. The second kappa shape index (κ2) is 6.06. The number of hydrogen-bond acceptors (Lipinski definition) is 3. The molecule has 1 aliphatic rings. The average Bonchev–Trinajstić information content (AvgIpc) is 2.92. The van der Waals surface area contributed by atoms with E-state index in [0.29, 0.717) is 18.7 Å². The summed E-state index contributed by atoms with van der Waals surface area (Å²) in [4.78, 5) is 14.4. The third-order valence-electron chi connectivity index (χ3n) is 3.78. The summed E-state index contributed by atoms with van der Waals surface area (Å²) in [5.74, 6) is -0.0471. The predicted octanol–water partition coefficient (Wildman–Crippen LogP) is 2.04. The Morgan fingerprint density at radius 3 is 2.74 bits per heavy atom. The Hall–Kier alpha value is -1.55. The molecule has 0 aromatic heterocycles. The highest BCUT2D eigenvalue weighted by Gasteiger charge is 2.28. The number of amides is 1. The van der Waals surface area contributed by atoms with Crippen molar-refractivity contribution in [3.05, 3.63) is 29.3 Å². The second-order valence-electron chi connectivity index (χ2n) is 5.25. The van der Waals surface area contributed by atoms with E-state index in [1.807, 2.05) is 11.8 Å². The smallest absolute Gasteiger partial charge is 0.257 e. The molecule has 0 aliphatic heterocycles. The first-order valence-electron chi connectivity index (χ1n) is 6.94. The van der Waals surface area contributed by atoms with Gasteiger partial charge in [-0.05, 0) is 31.9 Å². The molecule has 0 saturated heterocycles. The molecule has 1 amide bonds. The van der Waals surface area contributed by atoms with Crippen LogP contribution in [-0.4, -0.2) is 35.0 Å². The Labute approximate surface area is 114 Å². The molecule has 0 spiro atoms. The van der Waals surface area contributed by atoms with Crippen molar-refractivity contribution < 1.29 is 9.90 Å². The monoisotopic (exact) mass is 262 g/mol. The summed E-state index contributed by atoms with van der Waals surface area (Å²) in [7, 11) is 0. The summed E-state index contributed by atoms with van der Waals surface area (Å²) in [6, 6.07) is 5.40. The van der Waals surface area contributed by atoms with Gasteiger partial charge in [-0.2, -0.15) is 0 Å². The van der Waals surface area contributed by atoms with Crippen molar-refractivity contribution >= 4 is 5.91 Å². The third-order valence-corrected chi connectivity index (χ3v) is 3.78. The fourth-order valence-electron chi connectivity index (χ4n) is 2.78. The lowest BCUT2D eigenvalue weighted by molar-refractivity contribution is 0.0685. The molecule has 0 unspecified atom stereocenters. The van der Waals surface area contributed by atoms with E-state index in [-0.39, 0.29) is 17.7 Å². The van der Waals surface area contributed by atoms with Gasteiger partial charge in [0.05, 0.1) is 5.56 Å². The zero-order valence-electron chi connectivity index (χ0n) is 11.4. The van der Waals surface area contributed by atoms with Crippen LogP contribution < -0.4 is 5.73 Å². The number of rotatable bonds is 4. The largest absolute Gasteiger partial charge is 0.507 e. The van der Waals surface area contributed by atoms with Gasteiger partial charge < -0.3 is 15.7 Å². The number of carbonyl (C=O) groups is 1. The molecular formula is C15H22N2O2.